The summed E-state index contributed by atoms with van der Waals surface area (Å²) in [4.78, 5) is 0. The molecular weight excluding hydrogens is 174 g/mol. The second-order valence-corrected chi connectivity index (χ2v) is 3.76. The molecule has 14 heavy (non-hydrogen) atoms. The van der Waals surface area contributed by atoms with Crippen LogP contribution in [0.5, 0.6) is 0 Å². The highest BCUT2D eigenvalue weighted by Crippen LogP contribution is 2.16. The first-order valence-electron chi connectivity index (χ1n) is 4.73. The second-order valence-electron chi connectivity index (χ2n) is 3.76. The zero-order valence-corrected chi connectivity index (χ0v) is 8.83. The van der Waals surface area contributed by atoms with E-state index in [4.69, 9.17) is 5.26 Å². The van der Waals surface area contributed by atoms with Crippen molar-refractivity contribution in [1.82, 2.24) is 0 Å². The predicted molar refractivity (Wildman–Crippen MR) is 56.0 cm³/mol. The molecule has 1 aromatic carbocycles. The molecule has 0 amide bonds. The van der Waals surface area contributed by atoms with Crippen LogP contribution in [0, 0.1) is 25.2 Å². The number of nitriles is 1. The number of aryl methyl sites for hydroxylation is 2. The van der Waals surface area contributed by atoms with Gasteiger partial charge in [0.05, 0.1) is 17.7 Å². The first kappa shape index (κ1) is 10.7. The molecule has 1 aromatic rings. The average Bonchev–Trinajstić information content (AvgIpc) is 2.09. The molecule has 0 aliphatic carbocycles. The van der Waals surface area contributed by atoms with Gasteiger partial charge in [-0.25, -0.2) is 0 Å². The van der Waals surface area contributed by atoms with Crippen LogP contribution in [0.15, 0.2) is 12.1 Å². The minimum absolute atomic E-state index is 0.358. The van der Waals surface area contributed by atoms with E-state index in [0.717, 1.165) is 16.7 Å². The van der Waals surface area contributed by atoms with Crippen molar-refractivity contribution in [2.45, 2.75) is 33.3 Å². The summed E-state index contributed by atoms with van der Waals surface area (Å²) in [5, 5.41) is 18.1. The Balaban J connectivity index is 3.12. The van der Waals surface area contributed by atoms with Crippen LogP contribution in [0.3, 0.4) is 0 Å². The van der Waals surface area contributed by atoms with Gasteiger partial charge in [-0.3, -0.25) is 0 Å². The molecule has 0 saturated heterocycles. The van der Waals surface area contributed by atoms with Gasteiger partial charge in [-0.15, -0.1) is 0 Å². The van der Waals surface area contributed by atoms with Crippen molar-refractivity contribution in [3.8, 4) is 6.07 Å². The van der Waals surface area contributed by atoms with E-state index in [1.54, 1.807) is 6.92 Å². The minimum atomic E-state index is -0.358. The summed E-state index contributed by atoms with van der Waals surface area (Å²) in [5.41, 5.74) is 3.90. The van der Waals surface area contributed by atoms with Gasteiger partial charge in [0.15, 0.2) is 0 Å². The van der Waals surface area contributed by atoms with Crippen molar-refractivity contribution in [1.29, 1.82) is 5.26 Å². The Bertz CT molecular complexity index is 375. The van der Waals surface area contributed by atoms with Gasteiger partial charge in [-0.05, 0) is 49.9 Å². The molecule has 0 bridgehead atoms. The zero-order chi connectivity index (χ0) is 10.7. The van der Waals surface area contributed by atoms with Crippen LogP contribution in [0.1, 0.15) is 29.2 Å². The van der Waals surface area contributed by atoms with E-state index in [2.05, 4.69) is 6.07 Å². The third kappa shape index (κ3) is 2.34. The van der Waals surface area contributed by atoms with E-state index in [1.807, 2.05) is 26.0 Å². The molecule has 1 N–H and O–H groups in total. The lowest BCUT2D eigenvalue weighted by molar-refractivity contribution is 0.195. The van der Waals surface area contributed by atoms with Gasteiger partial charge in [0.1, 0.15) is 0 Å². The molecule has 0 fully saturated rings. The molecule has 0 aromatic heterocycles. The molecule has 0 aliphatic rings. The van der Waals surface area contributed by atoms with Crippen molar-refractivity contribution in [3.05, 3.63) is 34.4 Å². The van der Waals surface area contributed by atoms with Gasteiger partial charge < -0.3 is 5.11 Å². The zero-order valence-electron chi connectivity index (χ0n) is 8.83. The summed E-state index contributed by atoms with van der Waals surface area (Å²) < 4.78 is 0. The topological polar surface area (TPSA) is 44.0 Å². The Hall–Kier alpha value is -1.33. The van der Waals surface area contributed by atoms with Crippen LogP contribution in [-0.4, -0.2) is 11.2 Å². The molecule has 0 spiro atoms. The van der Waals surface area contributed by atoms with Crippen LogP contribution in [0.4, 0.5) is 0 Å². The Morgan fingerprint density at radius 3 is 2.50 bits per heavy atom. The number of benzene rings is 1. The standard InChI is InChI=1S/C12H15NO/c1-8-4-9(2)12(7-13)6-11(8)5-10(3)14/h4,6,10,14H,5H2,1-3H3. The van der Waals surface area contributed by atoms with Crippen LogP contribution < -0.4 is 0 Å². The van der Waals surface area contributed by atoms with E-state index >= 15 is 0 Å². The summed E-state index contributed by atoms with van der Waals surface area (Å²) in [5.74, 6) is 0. The van der Waals surface area contributed by atoms with E-state index in [9.17, 15) is 5.11 Å². The maximum absolute atomic E-state index is 9.28. The van der Waals surface area contributed by atoms with E-state index in [-0.39, 0.29) is 6.10 Å². The Morgan fingerprint density at radius 2 is 2.00 bits per heavy atom. The van der Waals surface area contributed by atoms with E-state index in [1.165, 1.54) is 0 Å². The third-order valence-electron chi connectivity index (χ3n) is 2.32. The lowest BCUT2D eigenvalue weighted by atomic mass is 9.97. The van der Waals surface area contributed by atoms with Crippen molar-refractivity contribution in [2.24, 2.45) is 0 Å². The highest BCUT2D eigenvalue weighted by molar-refractivity contribution is 5.43. The van der Waals surface area contributed by atoms with Crippen molar-refractivity contribution >= 4 is 0 Å². The van der Waals surface area contributed by atoms with E-state index in [0.29, 0.717) is 12.0 Å². The minimum Gasteiger partial charge on any atom is -0.393 e. The van der Waals surface area contributed by atoms with Gasteiger partial charge in [0.25, 0.3) is 0 Å². The largest absolute Gasteiger partial charge is 0.393 e. The van der Waals surface area contributed by atoms with E-state index < -0.39 is 0 Å². The summed E-state index contributed by atoms with van der Waals surface area (Å²) in [6.07, 6.45) is 0.254. The lowest BCUT2D eigenvalue weighted by Gasteiger charge is -2.10. The number of rotatable bonds is 2. The van der Waals surface area contributed by atoms with Crippen LogP contribution in [0.2, 0.25) is 0 Å². The average molecular weight is 189 g/mol. The lowest BCUT2D eigenvalue weighted by Crippen LogP contribution is -2.06. The normalized spacial score (nSPS) is 12.2. The van der Waals surface area contributed by atoms with Crippen molar-refractivity contribution in [3.63, 3.8) is 0 Å². The maximum atomic E-state index is 9.28. The smallest absolute Gasteiger partial charge is 0.0994 e. The Kier molecular flexibility index (Phi) is 3.27. The summed E-state index contributed by atoms with van der Waals surface area (Å²) in [7, 11) is 0. The number of hydrogen-bond donors (Lipinski definition) is 1. The second kappa shape index (κ2) is 4.26. The Labute approximate surface area is 84.8 Å². The SMILES string of the molecule is Cc1cc(C)c(CC(C)O)cc1C#N. The fourth-order valence-electron chi connectivity index (χ4n) is 1.56. The van der Waals surface area contributed by atoms with Crippen LogP contribution in [-0.2, 0) is 6.42 Å². The maximum Gasteiger partial charge on any atom is 0.0994 e. The molecule has 2 heteroatoms. The molecule has 0 heterocycles. The molecule has 0 radical (unpaired) electrons. The monoisotopic (exact) mass is 189 g/mol. The number of aliphatic hydroxyl groups is 1. The molecule has 1 unspecified atom stereocenters. The van der Waals surface area contributed by atoms with Gasteiger partial charge in [0, 0.05) is 0 Å². The molecule has 1 rings (SSSR count). The molecule has 2 nitrogen and oxygen atoms in total. The first-order chi connectivity index (χ1) is 6.54. The fourth-order valence-corrected chi connectivity index (χ4v) is 1.56. The molecule has 1 atom stereocenters. The highest BCUT2D eigenvalue weighted by atomic mass is 16.3. The Morgan fingerprint density at radius 1 is 1.36 bits per heavy atom. The van der Waals surface area contributed by atoms with Crippen molar-refractivity contribution in [2.75, 3.05) is 0 Å². The quantitative estimate of drug-likeness (QED) is 0.774. The predicted octanol–water partition coefficient (Wildman–Crippen LogP) is 2.10. The van der Waals surface area contributed by atoms with Crippen LogP contribution in [0.25, 0.3) is 0 Å². The van der Waals surface area contributed by atoms with Crippen molar-refractivity contribution < 1.29 is 5.11 Å². The summed E-state index contributed by atoms with van der Waals surface area (Å²) >= 11 is 0. The van der Waals surface area contributed by atoms with Gasteiger partial charge >= 0.3 is 0 Å². The summed E-state index contributed by atoms with van der Waals surface area (Å²) in [6, 6.07) is 6.02. The van der Waals surface area contributed by atoms with Gasteiger partial charge in [-0.2, -0.15) is 5.26 Å². The van der Waals surface area contributed by atoms with Crippen LogP contribution >= 0.6 is 0 Å². The summed E-state index contributed by atoms with van der Waals surface area (Å²) in [6.45, 7) is 5.69. The number of hydrogen-bond acceptors (Lipinski definition) is 2. The third-order valence-corrected chi connectivity index (χ3v) is 2.32. The van der Waals surface area contributed by atoms with Gasteiger partial charge in [-0.1, -0.05) is 6.07 Å². The molecule has 0 aliphatic heterocycles. The van der Waals surface area contributed by atoms with Gasteiger partial charge in [0.2, 0.25) is 0 Å². The number of nitrogens with zero attached hydrogens (tertiary/aromatic N) is 1. The molecule has 74 valence electrons. The number of aliphatic hydroxyl groups excluding tert-OH is 1. The highest BCUT2D eigenvalue weighted by Gasteiger charge is 2.06. The molecular formula is C12H15NO. The first-order valence-corrected chi connectivity index (χ1v) is 4.73. The molecule has 0 saturated carbocycles. The fraction of sp³-hybridized carbons (Fsp3) is 0.417.